The Morgan fingerprint density at radius 1 is 0.583 bits per heavy atom. The van der Waals surface area contributed by atoms with E-state index in [9.17, 15) is 13.0 Å². The molecule has 0 atom stereocenters. The smallest absolute Gasteiger partial charge is 0.282 e. The predicted molar refractivity (Wildman–Crippen MR) is 156 cm³/mol. The fourth-order valence-corrected chi connectivity index (χ4v) is 5.94. The second-order valence-electron chi connectivity index (χ2n) is 10.7. The van der Waals surface area contributed by atoms with E-state index < -0.39 is 10.1 Å². The van der Waals surface area contributed by atoms with Gasteiger partial charge in [0.15, 0.2) is 0 Å². The molecule has 2 aromatic carbocycles. The SMILES string of the molecule is CCCCCCCCCCCc1cccc2cc(S(=O)(=O)O)cc(CCCCCCCCCCC)c12. The molecule has 0 aliphatic rings. The molecule has 2 rings (SSSR count). The molecule has 1 N–H and O–H groups in total. The molecule has 0 unspecified atom stereocenters. The Kier molecular flexibility index (Phi) is 15.4. The summed E-state index contributed by atoms with van der Waals surface area (Å²) in [6.45, 7) is 4.52. The molecule has 3 nitrogen and oxygen atoms in total. The van der Waals surface area contributed by atoms with Gasteiger partial charge in [-0.1, -0.05) is 135 Å². The fraction of sp³-hybridized carbons (Fsp3) is 0.688. The lowest BCUT2D eigenvalue weighted by Crippen LogP contribution is -2.02. The molecule has 0 aliphatic heterocycles. The lowest BCUT2D eigenvalue weighted by Gasteiger charge is -2.14. The lowest BCUT2D eigenvalue weighted by atomic mass is 9.93. The first-order chi connectivity index (χ1) is 17.5. The molecule has 0 bridgehead atoms. The van der Waals surface area contributed by atoms with Crippen molar-refractivity contribution in [2.75, 3.05) is 0 Å². The molecule has 2 aromatic rings. The minimum atomic E-state index is -4.22. The highest BCUT2D eigenvalue weighted by Gasteiger charge is 2.15. The molecule has 0 saturated carbocycles. The maximum atomic E-state index is 11.9. The van der Waals surface area contributed by atoms with Crippen LogP contribution in [0.25, 0.3) is 10.8 Å². The molecular weight excluding hydrogens is 464 g/mol. The molecule has 0 aliphatic carbocycles. The van der Waals surface area contributed by atoms with Gasteiger partial charge in [-0.2, -0.15) is 8.42 Å². The maximum absolute atomic E-state index is 11.9. The standard InChI is InChI=1S/C32H52O3S/c1-3-5-7-9-11-13-15-17-19-22-28-24-21-25-30-27-31(36(33,34)35)26-29(32(28)30)23-20-18-16-14-12-10-8-6-4-2/h21,24-27H,3-20,22-23H2,1-2H3,(H,33,34,35). The highest BCUT2D eigenvalue weighted by atomic mass is 32.2. The van der Waals surface area contributed by atoms with Gasteiger partial charge in [0.25, 0.3) is 10.1 Å². The molecule has 0 aromatic heterocycles. The number of hydrogen-bond donors (Lipinski definition) is 1. The van der Waals surface area contributed by atoms with Crippen molar-refractivity contribution in [1.82, 2.24) is 0 Å². The molecule has 0 radical (unpaired) electrons. The number of benzene rings is 2. The van der Waals surface area contributed by atoms with Crippen molar-refractivity contribution in [3.8, 4) is 0 Å². The summed E-state index contributed by atoms with van der Waals surface area (Å²) >= 11 is 0. The Morgan fingerprint density at radius 3 is 1.50 bits per heavy atom. The fourth-order valence-electron chi connectivity index (χ4n) is 5.38. The minimum Gasteiger partial charge on any atom is -0.282 e. The second-order valence-corrected chi connectivity index (χ2v) is 12.2. The Morgan fingerprint density at radius 2 is 1.03 bits per heavy atom. The van der Waals surface area contributed by atoms with Crippen LogP contribution in [0.4, 0.5) is 0 Å². The van der Waals surface area contributed by atoms with E-state index >= 15 is 0 Å². The number of hydrogen-bond acceptors (Lipinski definition) is 2. The van der Waals surface area contributed by atoms with E-state index in [0.29, 0.717) is 0 Å². The second kappa shape index (κ2) is 18.0. The highest BCUT2D eigenvalue weighted by Crippen LogP contribution is 2.30. The van der Waals surface area contributed by atoms with Crippen molar-refractivity contribution in [1.29, 1.82) is 0 Å². The molecule has 0 amide bonds. The van der Waals surface area contributed by atoms with Gasteiger partial charge in [-0.3, -0.25) is 4.55 Å². The third-order valence-corrected chi connectivity index (χ3v) is 8.35. The van der Waals surface area contributed by atoms with Crippen molar-refractivity contribution in [3.05, 3.63) is 41.5 Å². The summed E-state index contributed by atoms with van der Waals surface area (Å²) in [6, 6.07) is 9.59. The van der Waals surface area contributed by atoms with Crippen LogP contribution in [0.5, 0.6) is 0 Å². The predicted octanol–water partition coefficient (Wildman–Crippen LogP) is 10.2. The Hall–Kier alpha value is -1.39. The number of aryl methyl sites for hydroxylation is 2. The Labute approximate surface area is 222 Å². The number of unbranched alkanes of at least 4 members (excludes halogenated alkanes) is 16. The van der Waals surface area contributed by atoms with Crippen molar-refractivity contribution in [3.63, 3.8) is 0 Å². The zero-order valence-electron chi connectivity index (χ0n) is 23.2. The summed E-state index contributed by atoms with van der Waals surface area (Å²) in [7, 11) is -4.22. The van der Waals surface area contributed by atoms with E-state index in [-0.39, 0.29) is 4.90 Å². The average molecular weight is 517 g/mol. The van der Waals surface area contributed by atoms with Crippen molar-refractivity contribution in [2.24, 2.45) is 0 Å². The number of fused-ring (bicyclic) bond motifs is 1. The summed E-state index contributed by atoms with van der Waals surface area (Å²) < 4.78 is 33.6. The summed E-state index contributed by atoms with van der Waals surface area (Å²) in [5.74, 6) is 0. The van der Waals surface area contributed by atoms with E-state index in [2.05, 4.69) is 19.9 Å². The normalized spacial score (nSPS) is 12.0. The van der Waals surface area contributed by atoms with Crippen molar-refractivity contribution in [2.45, 2.75) is 147 Å². The van der Waals surface area contributed by atoms with Crippen molar-refractivity contribution < 1.29 is 13.0 Å². The van der Waals surface area contributed by atoms with Crippen LogP contribution in [0.15, 0.2) is 35.2 Å². The zero-order chi connectivity index (χ0) is 26.1. The average Bonchev–Trinajstić information content (AvgIpc) is 2.86. The molecule has 0 spiro atoms. The van der Waals surface area contributed by atoms with Gasteiger partial charge in [0.05, 0.1) is 4.90 Å². The highest BCUT2D eigenvalue weighted by molar-refractivity contribution is 7.85. The Balaban J connectivity index is 1.95. The molecular formula is C32H52O3S. The van der Waals surface area contributed by atoms with E-state index in [4.69, 9.17) is 0 Å². The summed E-state index contributed by atoms with van der Waals surface area (Å²) in [6.07, 6.45) is 25.1. The molecule has 0 heterocycles. The maximum Gasteiger partial charge on any atom is 0.294 e. The van der Waals surface area contributed by atoms with E-state index in [0.717, 1.165) is 30.2 Å². The van der Waals surface area contributed by atoms with Gasteiger partial charge in [-0.05, 0) is 59.7 Å². The molecule has 36 heavy (non-hydrogen) atoms. The van der Waals surface area contributed by atoms with E-state index in [1.165, 1.54) is 120 Å². The van der Waals surface area contributed by atoms with Gasteiger partial charge >= 0.3 is 0 Å². The quantitative estimate of drug-likeness (QED) is 0.133. The van der Waals surface area contributed by atoms with Crippen LogP contribution in [0, 0.1) is 0 Å². The van der Waals surface area contributed by atoms with Crippen LogP contribution < -0.4 is 0 Å². The number of rotatable bonds is 21. The molecule has 0 saturated heterocycles. The van der Waals surface area contributed by atoms with Crippen molar-refractivity contribution >= 4 is 20.9 Å². The van der Waals surface area contributed by atoms with E-state index in [1.54, 1.807) is 12.1 Å². The zero-order valence-corrected chi connectivity index (χ0v) is 24.0. The first kappa shape index (κ1) is 30.8. The van der Waals surface area contributed by atoms with Gasteiger partial charge in [0.2, 0.25) is 0 Å². The van der Waals surface area contributed by atoms with Crippen LogP contribution in [0.3, 0.4) is 0 Å². The molecule has 204 valence electrons. The van der Waals surface area contributed by atoms with E-state index in [1.807, 2.05) is 12.1 Å². The topological polar surface area (TPSA) is 54.4 Å². The van der Waals surface area contributed by atoms with Gasteiger partial charge in [0.1, 0.15) is 0 Å². The minimum absolute atomic E-state index is 0.0288. The van der Waals surface area contributed by atoms with Crippen LogP contribution in [-0.4, -0.2) is 13.0 Å². The molecule has 0 fully saturated rings. The van der Waals surface area contributed by atoms with Gasteiger partial charge in [0, 0.05) is 0 Å². The summed E-state index contributed by atoms with van der Waals surface area (Å²) in [5, 5.41) is 2.15. The largest absolute Gasteiger partial charge is 0.294 e. The van der Waals surface area contributed by atoms with Crippen LogP contribution in [-0.2, 0) is 23.0 Å². The first-order valence-electron chi connectivity index (χ1n) is 15.0. The summed E-state index contributed by atoms with van der Waals surface area (Å²) in [5.41, 5.74) is 2.40. The van der Waals surface area contributed by atoms with Crippen LogP contribution in [0.1, 0.15) is 141 Å². The van der Waals surface area contributed by atoms with Gasteiger partial charge in [-0.15, -0.1) is 0 Å². The monoisotopic (exact) mass is 516 g/mol. The van der Waals surface area contributed by atoms with Gasteiger partial charge in [-0.25, -0.2) is 0 Å². The van der Waals surface area contributed by atoms with Gasteiger partial charge < -0.3 is 0 Å². The first-order valence-corrected chi connectivity index (χ1v) is 16.4. The van der Waals surface area contributed by atoms with Crippen LogP contribution >= 0.6 is 0 Å². The summed E-state index contributed by atoms with van der Waals surface area (Å²) in [4.78, 5) is 0.0288. The third-order valence-electron chi connectivity index (χ3n) is 7.52. The Bertz CT molecular complexity index is 965. The molecule has 4 heteroatoms. The lowest BCUT2D eigenvalue weighted by molar-refractivity contribution is 0.483. The third kappa shape index (κ3) is 11.8. The van der Waals surface area contributed by atoms with Crippen LogP contribution in [0.2, 0.25) is 0 Å².